The molecule has 1 heterocycles. The SMILES string of the molecule is CC1C=C(C2=CC=CCC2(C)Nc2ccc(-c3ccccc3)cc2)c2sc3ccccc3c2C1. The van der Waals surface area contributed by atoms with Crippen LogP contribution < -0.4 is 5.32 Å². The van der Waals surface area contributed by atoms with Gasteiger partial charge in [-0.1, -0.05) is 91.9 Å². The molecule has 1 nitrogen and oxygen atoms in total. The van der Waals surface area contributed by atoms with Gasteiger partial charge >= 0.3 is 0 Å². The molecule has 0 amide bonds. The van der Waals surface area contributed by atoms with Crippen molar-refractivity contribution in [2.75, 3.05) is 5.32 Å². The van der Waals surface area contributed by atoms with Gasteiger partial charge in [0.15, 0.2) is 0 Å². The average Bonchev–Trinajstić information content (AvgIpc) is 3.23. The number of nitrogens with one attached hydrogen (secondary N) is 1. The second-order valence-electron chi connectivity index (χ2n) is 9.78. The van der Waals surface area contributed by atoms with E-state index < -0.39 is 0 Å². The van der Waals surface area contributed by atoms with Crippen molar-refractivity contribution in [1.29, 1.82) is 0 Å². The van der Waals surface area contributed by atoms with E-state index in [0.29, 0.717) is 5.92 Å². The molecule has 2 heteroatoms. The average molecular weight is 460 g/mol. The third kappa shape index (κ3) is 3.73. The topological polar surface area (TPSA) is 12.0 Å². The summed E-state index contributed by atoms with van der Waals surface area (Å²) in [5, 5.41) is 5.34. The lowest BCUT2D eigenvalue weighted by atomic mass is 9.76. The summed E-state index contributed by atoms with van der Waals surface area (Å²) in [7, 11) is 0. The van der Waals surface area contributed by atoms with Gasteiger partial charge in [-0.15, -0.1) is 11.3 Å². The van der Waals surface area contributed by atoms with Crippen LogP contribution in [-0.2, 0) is 6.42 Å². The number of rotatable bonds is 4. The number of benzene rings is 3. The van der Waals surface area contributed by atoms with Crippen molar-refractivity contribution in [3.05, 3.63) is 119 Å². The first-order chi connectivity index (χ1) is 16.6. The second kappa shape index (κ2) is 8.45. The van der Waals surface area contributed by atoms with Gasteiger partial charge in [0.1, 0.15) is 0 Å². The van der Waals surface area contributed by atoms with Gasteiger partial charge in [-0.2, -0.15) is 0 Å². The van der Waals surface area contributed by atoms with Crippen LogP contribution in [0.3, 0.4) is 0 Å². The van der Waals surface area contributed by atoms with Gasteiger partial charge < -0.3 is 5.32 Å². The smallest absolute Gasteiger partial charge is 0.0637 e. The van der Waals surface area contributed by atoms with Gasteiger partial charge in [0, 0.05) is 15.3 Å². The molecule has 0 radical (unpaired) electrons. The van der Waals surface area contributed by atoms with Crippen LogP contribution in [0.5, 0.6) is 0 Å². The zero-order valence-electron chi connectivity index (χ0n) is 19.7. The predicted octanol–water partition coefficient (Wildman–Crippen LogP) is 8.90. The van der Waals surface area contributed by atoms with Gasteiger partial charge in [0.25, 0.3) is 0 Å². The highest BCUT2D eigenvalue weighted by Gasteiger charge is 2.35. The molecule has 0 fully saturated rings. The summed E-state index contributed by atoms with van der Waals surface area (Å²) in [6, 6.07) is 28.3. The van der Waals surface area contributed by atoms with Crippen LogP contribution in [0.1, 0.15) is 30.7 Å². The van der Waals surface area contributed by atoms with Crippen LogP contribution in [0.2, 0.25) is 0 Å². The van der Waals surface area contributed by atoms with Gasteiger partial charge in [0.2, 0.25) is 0 Å². The van der Waals surface area contributed by atoms with Crippen LogP contribution in [-0.4, -0.2) is 5.54 Å². The highest BCUT2D eigenvalue weighted by molar-refractivity contribution is 7.20. The maximum Gasteiger partial charge on any atom is 0.0637 e. The minimum absolute atomic E-state index is 0.167. The number of hydrogen-bond acceptors (Lipinski definition) is 2. The summed E-state index contributed by atoms with van der Waals surface area (Å²) < 4.78 is 1.39. The minimum atomic E-state index is -0.167. The monoisotopic (exact) mass is 459 g/mol. The van der Waals surface area contributed by atoms with E-state index in [0.717, 1.165) is 18.5 Å². The maximum atomic E-state index is 3.91. The Labute approximate surface area is 206 Å². The Morgan fingerprint density at radius 1 is 0.882 bits per heavy atom. The molecule has 2 unspecified atom stereocenters. The van der Waals surface area contributed by atoms with Crippen LogP contribution in [0.4, 0.5) is 5.69 Å². The van der Waals surface area contributed by atoms with Crippen molar-refractivity contribution in [2.45, 2.75) is 32.2 Å². The largest absolute Gasteiger partial charge is 0.375 e. The number of thiophene rings is 1. The van der Waals surface area contributed by atoms with E-state index in [4.69, 9.17) is 0 Å². The Bertz CT molecular complexity index is 1440. The fraction of sp³-hybridized carbons (Fsp3) is 0.188. The highest BCUT2D eigenvalue weighted by atomic mass is 32.1. The van der Waals surface area contributed by atoms with Crippen molar-refractivity contribution in [3.8, 4) is 11.1 Å². The van der Waals surface area contributed by atoms with E-state index in [9.17, 15) is 0 Å². The Hall–Kier alpha value is -3.36. The molecule has 168 valence electrons. The fourth-order valence-corrected chi connectivity index (χ4v) is 6.71. The Kier molecular flexibility index (Phi) is 5.27. The van der Waals surface area contributed by atoms with Crippen LogP contribution in [0, 0.1) is 5.92 Å². The molecular weight excluding hydrogens is 430 g/mol. The fourth-order valence-electron chi connectivity index (χ4n) is 5.43. The molecule has 0 spiro atoms. The van der Waals surface area contributed by atoms with E-state index in [2.05, 4.69) is 122 Å². The molecule has 0 aliphatic heterocycles. The Morgan fingerprint density at radius 3 is 2.44 bits per heavy atom. The molecule has 34 heavy (non-hydrogen) atoms. The summed E-state index contributed by atoms with van der Waals surface area (Å²) in [5.41, 5.74) is 7.81. The normalized spacial score (nSPS) is 21.6. The third-order valence-electron chi connectivity index (χ3n) is 7.14. The molecule has 0 saturated carbocycles. The minimum Gasteiger partial charge on any atom is -0.375 e. The predicted molar refractivity (Wildman–Crippen MR) is 148 cm³/mol. The van der Waals surface area contributed by atoms with Gasteiger partial charge in [0.05, 0.1) is 5.54 Å². The molecule has 0 bridgehead atoms. The number of anilines is 1. The lowest BCUT2D eigenvalue weighted by molar-refractivity contribution is 0.614. The maximum absolute atomic E-state index is 3.91. The number of hydrogen-bond donors (Lipinski definition) is 1. The summed E-state index contributed by atoms with van der Waals surface area (Å²) >= 11 is 1.95. The lowest BCUT2D eigenvalue weighted by Gasteiger charge is -2.38. The summed E-state index contributed by atoms with van der Waals surface area (Å²) in [6.07, 6.45) is 11.4. The first-order valence-electron chi connectivity index (χ1n) is 12.1. The molecule has 1 aromatic heterocycles. The van der Waals surface area contributed by atoms with E-state index in [-0.39, 0.29) is 5.54 Å². The van der Waals surface area contributed by atoms with Crippen molar-refractivity contribution in [3.63, 3.8) is 0 Å². The van der Waals surface area contributed by atoms with Crippen LogP contribution in [0.25, 0.3) is 26.8 Å². The van der Waals surface area contributed by atoms with E-state index in [1.807, 2.05) is 11.3 Å². The van der Waals surface area contributed by atoms with Crippen molar-refractivity contribution in [1.82, 2.24) is 0 Å². The molecule has 3 aromatic carbocycles. The van der Waals surface area contributed by atoms with Crippen molar-refractivity contribution >= 4 is 32.7 Å². The van der Waals surface area contributed by atoms with Gasteiger partial charge in [-0.25, -0.2) is 0 Å². The second-order valence-corrected chi connectivity index (χ2v) is 10.8. The third-order valence-corrected chi connectivity index (χ3v) is 8.39. The summed E-state index contributed by atoms with van der Waals surface area (Å²) in [5.74, 6) is 0.529. The molecule has 2 aliphatic rings. The molecule has 1 N–H and O–H groups in total. The highest BCUT2D eigenvalue weighted by Crippen LogP contribution is 2.47. The van der Waals surface area contributed by atoms with Crippen LogP contribution in [0.15, 0.2) is 109 Å². The van der Waals surface area contributed by atoms with Crippen molar-refractivity contribution < 1.29 is 0 Å². The zero-order valence-corrected chi connectivity index (χ0v) is 20.5. The molecule has 2 aliphatic carbocycles. The van der Waals surface area contributed by atoms with Crippen molar-refractivity contribution in [2.24, 2.45) is 5.92 Å². The molecule has 2 atom stereocenters. The number of fused-ring (bicyclic) bond motifs is 3. The number of allylic oxidation sites excluding steroid dienone is 3. The first kappa shape index (κ1) is 21.2. The van der Waals surface area contributed by atoms with Gasteiger partial charge in [-0.05, 0) is 77.1 Å². The van der Waals surface area contributed by atoms with E-state index >= 15 is 0 Å². The Balaban J connectivity index is 1.36. The summed E-state index contributed by atoms with van der Waals surface area (Å²) in [6.45, 7) is 4.70. The lowest BCUT2D eigenvalue weighted by Crippen LogP contribution is -2.38. The molecular formula is C32H29NS. The standard InChI is InChI=1S/C32H29NS/c1-22-20-27-26-12-6-7-14-30(26)34-31(27)28(21-22)29-13-8-9-19-32(29,2)33-25-17-15-24(16-18-25)23-10-4-3-5-11-23/h3-18,21-22,33H,19-20H2,1-2H3. The van der Waals surface area contributed by atoms with E-state index in [1.165, 1.54) is 42.8 Å². The van der Waals surface area contributed by atoms with E-state index in [1.54, 1.807) is 0 Å². The molecule has 6 rings (SSSR count). The zero-order chi connectivity index (χ0) is 23.1. The quantitative estimate of drug-likeness (QED) is 0.321. The van der Waals surface area contributed by atoms with Gasteiger partial charge in [-0.3, -0.25) is 0 Å². The Morgan fingerprint density at radius 2 is 1.62 bits per heavy atom. The summed E-state index contributed by atoms with van der Waals surface area (Å²) in [4.78, 5) is 1.45. The molecule has 4 aromatic rings. The van der Waals surface area contributed by atoms with Crippen LogP contribution >= 0.6 is 11.3 Å². The first-order valence-corrected chi connectivity index (χ1v) is 13.0. The molecule has 0 saturated heterocycles.